The summed E-state index contributed by atoms with van der Waals surface area (Å²) in [5, 5.41) is 15.5. The normalized spacial score (nSPS) is 21.2. The van der Waals surface area contributed by atoms with E-state index in [2.05, 4.69) is 10.5 Å². The molecule has 8 nitrogen and oxygen atoms in total. The van der Waals surface area contributed by atoms with Crippen LogP contribution in [-0.2, 0) is 23.8 Å². The van der Waals surface area contributed by atoms with Crippen molar-refractivity contribution in [2.24, 2.45) is 0 Å². The lowest BCUT2D eigenvalue weighted by atomic mass is 9.86. The summed E-state index contributed by atoms with van der Waals surface area (Å²) in [6.07, 6.45) is 1.96. The first-order valence-corrected chi connectivity index (χ1v) is 10.1. The molecular formula is C20H31BN2O6. The van der Waals surface area contributed by atoms with E-state index in [4.69, 9.17) is 14.2 Å². The molecule has 1 aromatic rings. The quantitative estimate of drug-likeness (QED) is 0.205. The third kappa shape index (κ3) is 8.63. The van der Waals surface area contributed by atoms with E-state index in [0.717, 1.165) is 24.7 Å². The van der Waals surface area contributed by atoms with Crippen LogP contribution in [-0.4, -0.2) is 62.3 Å². The van der Waals surface area contributed by atoms with E-state index in [1.807, 2.05) is 30.3 Å². The molecular weight excluding hydrogens is 375 g/mol. The highest BCUT2D eigenvalue weighted by Crippen LogP contribution is 2.23. The van der Waals surface area contributed by atoms with Crippen molar-refractivity contribution in [2.45, 2.75) is 57.5 Å². The van der Waals surface area contributed by atoms with Crippen molar-refractivity contribution in [3.05, 3.63) is 35.9 Å². The van der Waals surface area contributed by atoms with Gasteiger partial charge in [-0.1, -0.05) is 36.8 Å². The van der Waals surface area contributed by atoms with E-state index < -0.39 is 31.5 Å². The van der Waals surface area contributed by atoms with Gasteiger partial charge in [0, 0.05) is 5.56 Å². The number of carbonyl (C=O) groups is 2. The van der Waals surface area contributed by atoms with Crippen LogP contribution in [0.4, 0.5) is 0 Å². The molecule has 1 heterocycles. The Balaban J connectivity index is 1.75. The molecule has 0 saturated carbocycles. The molecule has 3 N–H and O–H groups in total. The number of benzene rings is 1. The standard InChI is InChI=1S/C20H31BN2O6/c1-15(12-24)22-11-7-6-10-18(23-21(2)26)19(25)29-17-13-27-20(28-14-17)16-8-4-3-5-9-16/h3-5,8-9,12,15,17-18,20,22-23,26H,6-7,10-11,13-14H2,1-2H3. The summed E-state index contributed by atoms with van der Waals surface area (Å²) in [4.78, 5) is 23.1. The number of esters is 1. The Hall–Kier alpha value is -1.78. The number of hydrogen-bond acceptors (Lipinski definition) is 8. The van der Waals surface area contributed by atoms with Gasteiger partial charge in [0.2, 0.25) is 0 Å². The van der Waals surface area contributed by atoms with E-state index in [0.29, 0.717) is 13.0 Å². The van der Waals surface area contributed by atoms with Crippen LogP contribution in [0.5, 0.6) is 0 Å². The second kappa shape index (κ2) is 12.7. The first-order chi connectivity index (χ1) is 14.0. The Kier molecular flexibility index (Phi) is 10.3. The lowest BCUT2D eigenvalue weighted by molar-refractivity contribution is -0.230. The van der Waals surface area contributed by atoms with Crippen molar-refractivity contribution in [3.8, 4) is 0 Å². The van der Waals surface area contributed by atoms with E-state index in [1.54, 1.807) is 13.7 Å². The zero-order valence-corrected chi connectivity index (χ0v) is 17.1. The fourth-order valence-corrected chi connectivity index (χ4v) is 3.01. The van der Waals surface area contributed by atoms with E-state index in [-0.39, 0.29) is 19.3 Å². The van der Waals surface area contributed by atoms with Crippen molar-refractivity contribution < 1.29 is 28.8 Å². The summed E-state index contributed by atoms with van der Waals surface area (Å²) in [5.74, 6) is -0.435. The average Bonchev–Trinajstić information content (AvgIpc) is 2.73. The molecule has 2 rings (SSSR count). The molecule has 0 amide bonds. The molecule has 0 aliphatic carbocycles. The van der Waals surface area contributed by atoms with E-state index >= 15 is 0 Å². The molecule has 29 heavy (non-hydrogen) atoms. The predicted octanol–water partition coefficient (Wildman–Crippen LogP) is 1.06. The SMILES string of the molecule is CB(O)NC(CCCCNC(C)C=O)C(=O)OC1COC(c2ccccc2)OC1. The average molecular weight is 406 g/mol. The van der Waals surface area contributed by atoms with Gasteiger partial charge < -0.3 is 34.6 Å². The van der Waals surface area contributed by atoms with Gasteiger partial charge in [0.1, 0.15) is 12.4 Å². The van der Waals surface area contributed by atoms with Crippen molar-refractivity contribution in [2.75, 3.05) is 19.8 Å². The number of ether oxygens (including phenoxy) is 3. The maximum atomic E-state index is 12.5. The summed E-state index contributed by atoms with van der Waals surface area (Å²) in [7, 11) is -0.831. The Morgan fingerprint density at radius 3 is 2.62 bits per heavy atom. The number of unbranched alkanes of at least 4 members (excludes halogenated alkanes) is 1. The lowest BCUT2D eigenvalue weighted by Crippen LogP contribution is -2.48. The van der Waals surface area contributed by atoms with E-state index in [1.165, 1.54) is 0 Å². The second-order valence-electron chi connectivity index (χ2n) is 7.24. The highest BCUT2D eigenvalue weighted by molar-refractivity contribution is 6.46. The molecule has 2 unspecified atom stereocenters. The van der Waals surface area contributed by atoms with Crippen LogP contribution in [0.3, 0.4) is 0 Å². The first-order valence-electron chi connectivity index (χ1n) is 10.1. The fraction of sp³-hybridized carbons (Fsp3) is 0.600. The Morgan fingerprint density at radius 1 is 1.31 bits per heavy atom. The monoisotopic (exact) mass is 406 g/mol. The summed E-state index contributed by atoms with van der Waals surface area (Å²) in [6, 6.07) is 8.79. The van der Waals surface area contributed by atoms with Crippen LogP contribution in [0.25, 0.3) is 0 Å². The van der Waals surface area contributed by atoms with Crippen LogP contribution in [0.2, 0.25) is 6.82 Å². The van der Waals surface area contributed by atoms with Gasteiger partial charge in [0.15, 0.2) is 6.29 Å². The van der Waals surface area contributed by atoms with Crippen LogP contribution in [0, 0.1) is 0 Å². The third-order valence-electron chi connectivity index (χ3n) is 4.54. The minimum Gasteiger partial charge on any atom is -0.456 e. The number of hydrogen-bond donors (Lipinski definition) is 3. The molecule has 0 radical (unpaired) electrons. The molecule has 1 saturated heterocycles. The fourth-order valence-electron chi connectivity index (χ4n) is 3.01. The highest BCUT2D eigenvalue weighted by Gasteiger charge is 2.29. The van der Waals surface area contributed by atoms with E-state index in [9.17, 15) is 14.6 Å². The largest absolute Gasteiger partial charge is 0.456 e. The lowest BCUT2D eigenvalue weighted by Gasteiger charge is -2.30. The van der Waals surface area contributed by atoms with Gasteiger partial charge in [-0.05, 0) is 33.1 Å². The molecule has 0 aromatic heterocycles. The topological polar surface area (TPSA) is 106 Å². The molecule has 1 aliphatic rings. The van der Waals surface area contributed by atoms with Crippen molar-refractivity contribution >= 4 is 19.3 Å². The maximum Gasteiger partial charge on any atom is 0.374 e. The van der Waals surface area contributed by atoms with Crippen LogP contribution in [0.15, 0.2) is 30.3 Å². The summed E-state index contributed by atoms with van der Waals surface area (Å²) >= 11 is 0. The van der Waals surface area contributed by atoms with Gasteiger partial charge in [0.05, 0.1) is 25.3 Å². The number of rotatable bonds is 12. The number of nitrogens with one attached hydrogen (secondary N) is 2. The minimum absolute atomic E-state index is 0.183. The zero-order chi connectivity index (χ0) is 21.1. The predicted molar refractivity (Wildman–Crippen MR) is 109 cm³/mol. The van der Waals surface area contributed by atoms with Crippen molar-refractivity contribution in [3.63, 3.8) is 0 Å². The first kappa shape index (κ1) is 23.5. The van der Waals surface area contributed by atoms with Crippen molar-refractivity contribution in [1.82, 2.24) is 10.5 Å². The van der Waals surface area contributed by atoms with Gasteiger partial charge in [-0.25, -0.2) is 0 Å². The van der Waals surface area contributed by atoms with Crippen molar-refractivity contribution in [1.29, 1.82) is 0 Å². The zero-order valence-electron chi connectivity index (χ0n) is 17.1. The number of carbonyl (C=O) groups excluding carboxylic acids is 2. The van der Waals surface area contributed by atoms with Crippen LogP contribution < -0.4 is 10.5 Å². The second-order valence-corrected chi connectivity index (χ2v) is 7.24. The van der Waals surface area contributed by atoms with Crippen LogP contribution >= 0.6 is 0 Å². The summed E-state index contributed by atoms with van der Waals surface area (Å²) in [6.45, 7) is 4.53. The van der Waals surface area contributed by atoms with Gasteiger partial charge >= 0.3 is 13.0 Å². The van der Waals surface area contributed by atoms with Gasteiger partial charge in [-0.15, -0.1) is 0 Å². The third-order valence-corrected chi connectivity index (χ3v) is 4.54. The molecule has 0 bridgehead atoms. The molecule has 2 atom stereocenters. The molecule has 1 aliphatic heterocycles. The Bertz CT molecular complexity index is 610. The molecule has 160 valence electrons. The van der Waals surface area contributed by atoms with Gasteiger partial charge in [-0.3, -0.25) is 4.79 Å². The maximum absolute atomic E-state index is 12.5. The highest BCUT2D eigenvalue weighted by atomic mass is 16.7. The Morgan fingerprint density at radius 2 is 2.00 bits per heavy atom. The van der Waals surface area contributed by atoms with Gasteiger partial charge in [-0.2, -0.15) is 0 Å². The molecule has 0 spiro atoms. The number of aldehydes is 1. The Labute approximate surface area is 172 Å². The smallest absolute Gasteiger partial charge is 0.374 e. The minimum atomic E-state index is -0.831. The van der Waals surface area contributed by atoms with Crippen LogP contribution in [0.1, 0.15) is 38.0 Å². The van der Waals surface area contributed by atoms with Gasteiger partial charge in [0.25, 0.3) is 0 Å². The molecule has 1 aromatic carbocycles. The molecule has 9 heteroatoms. The summed E-state index contributed by atoms with van der Waals surface area (Å²) < 4.78 is 16.9. The molecule has 1 fully saturated rings. The summed E-state index contributed by atoms with van der Waals surface area (Å²) in [5.41, 5.74) is 0.920.